The van der Waals surface area contributed by atoms with Crippen molar-refractivity contribution in [2.45, 2.75) is 18.9 Å². The van der Waals surface area contributed by atoms with Crippen LogP contribution in [0.3, 0.4) is 0 Å². The van der Waals surface area contributed by atoms with Gasteiger partial charge in [-0.15, -0.1) is 11.3 Å². The van der Waals surface area contributed by atoms with Gasteiger partial charge in [0.15, 0.2) is 0 Å². The number of nitrogens with zero attached hydrogens (tertiary/aromatic N) is 2. The van der Waals surface area contributed by atoms with Gasteiger partial charge in [-0.1, -0.05) is 0 Å². The average Bonchev–Trinajstić information content (AvgIpc) is 2.93. The molecular formula is C11H10BrN3O3S. The molecule has 1 aliphatic rings. The van der Waals surface area contributed by atoms with Gasteiger partial charge in [0.25, 0.3) is 5.56 Å². The molecule has 1 saturated heterocycles. The Morgan fingerprint density at radius 1 is 1.63 bits per heavy atom. The van der Waals surface area contributed by atoms with Crippen molar-refractivity contribution in [1.82, 2.24) is 14.9 Å². The van der Waals surface area contributed by atoms with Gasteiger partial charge in [0, 0.05) is 6.54 Å². The third kappa shape index (κ3) is 2.14. The zero-order valence-electron chi connectivity index (χ0n) is 9.72. The average molecular weight is 344 g/mol. The van der Waals surface area contributed by atoms with Crippen LogP contribution in [0.5, 0.6) is 0 Å². The van der Waals surface area contributed by atoms with Crippen LogP contribution >= 0.6 is 27.3 Å². The highest BCUT2D eigenvalue weighted by Gasteiger charge is 2.31. The molecule has 6 nitrogen and oxygen atoms in total. The minimum Gasteiger partial charge on any atom is -0.465 e. The molecule has 1 fully saturated rings. The van der Waals surface area contributed by atoms with Crippen molar-refractivity contribution in [3.8, 4) is 0 Å². The minimum absolute atomic E-state index is 0.215. The Hall–Kier alpha value is -1.41. The van der Waals surface area contributed by atoms with Crippen LogP contribution in [0.2, 0.25) is 0 Å². The van der Waals surface area contributed by atoms with E-state index in [0.29, 0.717) is 29.0 Å². The van der Waals surface area contributed by atoms with E-state index >= 15 is 0 Å². The maximum absolute atomic E-state index is 12.0. The molecule has 1 atom stereocenters. The van der Waals surface area contributed by atoms with E-state index in [1.807, 2.05) is 0 Å². The van der Waals surface area contributed by atoms with E-state index in [4.69, 9.17) is 5.11 Å². The van der Waals surface area contributed by atoms with Gasteiger partial charge < -0.3 is 10.1 Å². The molecule has 0 radical (unpaired) electrons. The van der Waals surface area contributed by atoms with Gasteiger partial charge in [-0.2, -0.15) is 0 Å². The number of aromatic amines is 1. The lowest BCUT2D eigenvalue weighted by atomic mass is 10.2. The maximum atomic E-state index is 12.0. The van der Waals surface area contributed by atoms with E-state index in [1.165, 1.54) is 16.2 Å². The molecule has 0 aromatic carbocycles. The molecule has 8 heteroatoms. The molecule has 0 aliphatic carbocycles. The van der Waals surface area contributed by atoms with Crippen molar-refractivity contribution >= 4 is 43.6 Å². The van der Waals surface area contributed by atoms with Crippen LogP contribution in [-0.2, 0) is 0 Å². The second-order valence-corrected chi connectivity index (χ2v) is 6.78. The molecule has 0 saturated carbocycles. The third-order valence-electron chi connectivity index (χ3n) is 3.19. The summed E-state index contributed by atoms with van der Waals surface area (Å²) in [6.07, 6.45) is 0.495. The Bertz CT molecular complexity index is 711. The largest absolute Gasteiger partial charge is 0.465 e. The predicted molar refractivity (Wildman–Crippen MR) is 74.6 cm³/mol. The summed E-state index contributed by atoms with van der Waals surface area (Å²) in [6, 6.07) is 1.42. The van der Waals surface area contributed by atoms with E-state index in [2.05, 4.69) is 25.9 Å². The molecule has 3 heterocycles. The third-order valence-corrected chi connectivity index (χ3v) is 4.81. The number of carboxylic acid groups (broad SMARTS) is 1. The number of nitrogens with one attached hydrogen (secondary N) is 1. The number of likely N-dealkylation sites (tertiary alicyclic amines) is 1. The van der Waals surface area contributed by atoms with Crippen molar-refractivity contribution in [3.05, 3.63) is 26.0 Å². The summed E-state index contributed by atoms with van der Waals surface area (Å²) in [6.45, 7) is 0.481. The highest BCUT2D eigenvalue weighted by molar-refractivity contribution is 9.11. The SMILES string of the molecule is O=C(O)N1CCC[C@@H]1c1nc2cc(Br)sc2c(=O)[nH]1. The lowest BCUT2D eigenvalue weighted by molar-refractivity contribution is 0.138. The number of halogens is 1. The Morgan fingerprint density at radius 2 is 2.42 bits per heavy atom. The fourth-order valence-electron chi connectivity index (χ4n) is 2.37. The molecule has 1 amide bonds. The van der Waals surface area contributed by atoms with Crippen LogP contribution in [0.15, 0.2) is 14.6 Å². The van der Waals surface area contributed by atoms with Gasteiger partial charge in [-0.05, 0) is 34.8 Å². The summed E-state index contributed by atoms with van der Waals surface area (Å²) in [5, 5.41) is 9.13. The highest BCUT2D eigenvalue weighted by Crippen LogP contribution is 2.31. The van der Waals surface area contributed by atoms with Crippen molar-refractivity contribution < 1.29 is 9.90 Å². The number of rotatable bonds is 1. The number of hydrogen-bond acceptors (Lipinski definition) is 4. The number of thiophene rings is 1. The number of amides is 1. The quantitative estimate of drug-likeness (QED) is 0.832. The molecule has 2 aromatic heterocycles. The van der Waals surface area contributed by atoms with Crippen LogP contribution in [0.25, 0.3) is 10.2 Å². The van der Waals surface area contributed by atoms with Crippen LogP contribution in [0.1, 0.15) is 24.7 Å². The first-order valence-electron chi connectivity index (χ1n) is 5.75. The second kappa shape index (κ2) is 4.61. The number of H-pyrrole nitrogens is 1. The van der Waals surface area contributed by atoms with E-state index in [0.717, 1.165) is 10.2 Å². The first-order chi connectivity index (χ1) is 9.06. The molecule has 0 spiro atoms. The Labute approximate surface area is 120 Å². The first-order valence-corrected chi connectivity index (χ1v) is 7.36. The second-order valence-electron chi connectivity index (χ2n) is 4.35. The zero-order valence-corrected chi connectivity index (χ0v) is 12.1. The first kappa shape index (κ1) is 12.6. The van der Waals surface area contributed by atoms with Gasteiger partial charge in [0.2, 0.25) is 0 Å². The molecule has 100 valence electrons. The van der Waals surface area contributed by atoms with Gasteiger partial charge in [-0.3, -0.25) is 9.69 Å². The number of aromatic nitrogens is 2. The van der Waals surface area contributed by atoms with Crippen molar-refractivity contribution in [3.63, 3.8) is 0 Å². The summed E-state index contributed by atoms with van der Waals surface area (Å²) in [5.41, 5.74) is 0.390. The van der Waals surface area contributed by atoms with Crippen LogP contribution in [-0.4, -0.2) is 32.6 Å². The molecule has 2 N–H and O–H groups in total. The van der Waals surface area contributed by atoms with E-state index in [-0.39, 0.29) is 11.6 Å². The van der Waals surface area contributed by atoms with Crippen LogP contribution in [0.4, 0.5) is 4.79 Å². The molecule has 0 unspecified atom stereocenters. The number of fused-ring (bicyclic) bond motifs is 1. The standard InChI is InChI=1S/C11H10BrN3O3S/c12-7-4-5-8(19-7)10(16)14-9(13-5)6-2-1-3-15(6)11(17)18/h4,6H,1-3H2,(H,17,18)(H,13,14,16)/t6-/m1/s1. The predicted octanol–water partition coefficient (Wildman–Crippen LogP) is 2.56. The van der Waals surface area contributed by atoms with Crippen molar-refractivity contribution in [1.29, 1.82) is 0 Å². The van der Waals surface area contributed by atoms with Gasteiger partial charge in [0.05, 0.1) is 15.3 Å². The van der Waals surface area contributed by atoms with Crippen molar-refractivity contribution in [2.75, 3.05) is 6.54 Å². The summed E-state index contributed by atoms with van der Waals surface area (Å²) >= 11 is 4.64. The normalized spacial score (nSPS) is 19.2. The van der Waals surface area contributed by atoms with Gasteiger partial charge in [-0.25, -0.2) is 9.78 Å². The fraction of sp³-hybridized carbons (Fsp3) is 0.364. The molecular weight excluding hydrogens is 334 g/mol. The fourth-order valence-corrected chi connectivity index (χ4v) is 3.79. The summed E-state index contributed by atoms with van der Waals surface area (Å²) in [7, 11) is 0. The molecule has 19 heavy (non-hydrogen) atoms. The minimum atomic E-state index is -0.975. The monoisotopic (exact) mass is 343 g/mol. The van der Waals surface area contributed by atoms with E-state index in [9.17, 15) is 9.59 Å². The number of carbonyl (C=O) groups is 1. The molecule has 1 aliphatic heterocycles. The van der Waals surface area contributed by atoms with Crippen LogP contribution in [0, 0.1) is 0 Å². The van der Waals surface area contributed by atoms with Gasteiger partial charge in [0.1, 0.15) is 10.5 Å². The Morgan fingerprint density at radius 3 is 3.16 bits per heavy atom. The Kier molecular flexibility index (Phi) is 3.06. The topological polar surface area (TPSA) is 86.3 Å². The Balaban J connectivity index is 2.10. The maximum Gasteiger partial charge on any atom is 0.407 e. The van der Waals surface area contributed by atoms with E-state index < -0.39 is 6.09 Å². The summed E-state index contributed by atoms with van der Waals surface area (Å²) in [4.78, 5) is 31.5. The van der Waals surface area contributed by atoms with Crippen molar-refractivity contribution in [2.24, 2.45) is 0 Å². The molecule has 0 bridgehead atoms. The summed E-state index contributed by atoms with van der Waals surface area (Å²) < 4.78 is 1.38. The zero-order chi connectivity index (χ0) is 13.6. The van der Waals surface area contributed by atoms with Crippen LogP contribution < -0.4 is 5.56 Å². The molecule has 3 rings (SSSR count). The smallest absolute Gasteiger partial charge is 0.407 e. The lowest BCUT2D eigenvalue weighted by Crippen LogP contribution is -2.30. The summed E-state index contributed by atoms with van der Waals surface area (Å²) in [5.74, 6) is 0.433. The molecule has 2 aromatic rings. The van der Waals surface area contributed by atoms with E-state index in [1.54, 1.807) is 6.07 Å². The highest BCUT2D eigenvalue weighted by atomic mass is 79.9. The lowest BCUT2D eigenvalue weighted by Gasteiger charge is -2.20. The van der Waals surface area contributed by atoms with Gasteiger partial charge >= 0.3 is 6.09 Å². The number of hydrogen-bond donors (Lipinski definition) is 2.